The number of hydrogen-bond donors (Lipinski definition) is 0. The first kappa shape index (κ1) is 28.7. The molecule has 0 bridgehead atoms. The second-order valence-electron chi connectivity index (χ2n) is 9.95. The Morgan fingerprint density at radius 1 is 0.788 bits per heavy atom. The molecule has 0 aliphatic rings. The standard InChI is InChI=1S/C27H47O2PSi3/c1-8-21-26(22-9-2,31(4)5)29-33(24-17-13-11-14-18-24,25-19-15-12-16-20-25)27(10-3,23-30)28-32(6)7/h11-20,31-32H,8-10,21-23,30H2,1-7H3. The predicted molar refractivity (Wildman–Crippen MR) is 158 cm³/mol. The first-order chi connectivity index (χ1) is 15.8. The van der Waals surface area contributed by atoms with E-state index in [1.54, 1.807) is 0 Å². The highest BCUT2D eigenvalue weighted by Gasteiger charge is 2.60. The third kappa shape index (κ3) is 5.99. The summed E-state index contributed by atoms with van der Waals surface area (Å²) in [6.07, 6.45) is 6.41. The van der Waals surface area contributed by atoms with Crippen molar-refractivity contribution in [3.8, 4) is 0 Å². The summed E-state index contributed by atoms with van der Waals surface area (Å²) in [5, 5.41) is 2.34. The zero-order chi connectivity index (χ0) is 24.5. The minimum atomic E-state index is -2.84. The summed E-state index contributed by atoms with van der Waals surface area (Å²) in [5.74, 6) is 0. The minimum absolute atomic E-state index is 0.0381. The second kappa shape index (κ2) is 12.9. The molecule has 2 unspecified atom stereocenters. The fourth-order valence-electron chi connectivity index (χ4n) is 5.53. The van der Waals surface area contributed by atoms with Crippen LogP contribution in [0.4, 0.5) is 0 Å². The van der Waals surface area contributed by atoms with Gasteiger partial charge in [-0.3, -0.25) is 0 Å². The van der Waals surface area contributed by atoms with Crippen molar-refractivity contribution in [1.82, 2.24) is 0 Å². The van der Waals surface area contributed by atoms with E-state index in [4.69, 9.17) is 8.85 Å². The van der Waals surface area contributed by atoms with Gasteiger partial charge < -0.3 is 8.85 Å². The van der Waals surface area contributed by atoms with Crippen molar-refractivity contribution in [2.24, 2.45) is 0 Å². The van der Waals surface area contributed by atoms with Gasteiger partial charge in [0.2, 0.25) is 0 Å². The van der Waals surface area contributed by atoms with Crippen LogP contribution in [0.25, 0.3) is 0 Å². The Bertz CT molecular complexity index is 765. The Morgan fingerprint density at radius 3 is 1.55 bits per heavy atom. The summed E-state index contributed by atoms with van der Waals surface area (Å²) in [5.41, 5.74) is 0. The highest BCUT2D eigenvalue weighted by Crippen LogP contribution is 2.39. The van der Waals surface area contributed by atoms with Gasteiger partial charge in [0.05, 0.1) is 14.0 Å². The smallest absolute Gasteiger partial charge is 0.287 e. The van der Waals surface area contributed by atoms with Crippen LogP contribution < -0.4 is 10.4 Å². The fraction of sp³-hybridized carbons (Fsp3) is 0.556. The van der Waals surface area contributed by atoms with Gasteiger partial charge in [0, 0.05) is 5.22 Å². The molecule has 184 valence electrons. The molecule has 0 aliphatic carbocycles. The van der Waals surface area contributed by atoms with Crippen LogP contribution in [0.1, 0.15) is 52.9 Å². The normalized spacial score (nSPS) is 14.6. The van der Waals surface area contributed by atoms with E-state index >= 15 is 0 Å². The molecule has 0 saturated heterocycles. The Morgan fingerprint density at radius 2 is 1.24 bits per heavy atom. The van der Waals surface area contributed by atoms with Crippen LogP contribution >= 0.6 is 9.24 Å². The minimum Gasteiger partial charge on any atom is -0.414 e. The Kier molecular flexibility index (Phi) is 11.2. The van der Waals surface area contributed by atoms with E-state index in [0.29, 0.717) is 0 Å². The van der Waals surface area contributed by atoms with Gasteiger partial charge in [-0.15, -0.1) is 9.24 Å². The maximum Gasteiger partial charge on any atom is 0.287 e. The van der Waals surface area contributed by atoms with E-state index in [1.165, 1.54) is 10.4 Å². The molecule has 2 rings (SSSR count). The molecule has 0 radical (unpaired) electrons. The Balaban J connectivity index is 3.00. The lowest BCUT2D eigenvalue weighted by Crippen LogP contribution is -2.80. The molecule has 2 aromatic rings. The topological polar surface area (TPSA) is 18.5 Å². The first-order valence-electron chi connectivity index (χ1n) is 13.0. The van der Waals surface area contributed by atoms with Gasteiger partial charge in [-0.2, -0.15) is 0 Å². The summed E-state index contributed by atoms with van der Waals surface area (Å²) in [7, 11) is -2.30. The molecule has 0 amide bonds. The van der Waals surface area contributed by atoms with E-state index in [0.717, 1.165) is 38.3 Å². The first-order valence-corrected chi connectivity index (χ1v) is 21.4. The largest absolute Gasteiger partial charge is 0.414 e. The van der Waals surface area contributed by atoms with Gasteiger partial charge in [0.15, 0.2) is 9.04 Å². The van der Waals surface area contributed by atoms with E-state index in [1.807, 2.05) is 0 Å². The highest BCUT2D eigenvalue weighted by atomic mass is 31.0. The van der Waals surface area contributed by atoms with Gasteiger partial charge in [-0.05, 0) is 48.9 Å². The van der Waals surface area contributed by atoms with Crippen LogP contribution in [0.15, 0.2) is 60.7 Å². The van der Waals surface area contributed by atoms with Crippen molar-refractivity contribution in [2.45, 2.75) is 89.5 Å². The van der Waals surface area contributed by atoms with E-state index in [-0.39, 0.29) is 10.4 Å². The number of rotatable bonds is 14. The van der Waals surface area contributed by atoms with Crippen LogP contribution in [0.3, 0.4) is 0 Å². The molecule has 33 heavy (non-hydrogen) atoms. The van der Waals surface area contributed by atoms with Crippen LogP contribution in [0.2, 0.25) is 26.2 Å². The van der Waals surface area contributed by atoms with Crippen molar-refractivity contribution in [1.29, 1.82) is 0 Å². The second-order valence-corrected chi connectivity index (χ2v) is 19.7. The molecule has 0 N–H and O–H groups in total. The molecule has 2 aromatic carbocycles. The van der Waals surface area contributed by atoms with Crippen LogP contribution in [0.5, 0.6) is 0 Å². The summed E-state index contributed by atoms with van der Waals surface area (Å²) in [6, 6.07) is 22.3. The summed E-state index contributed by atoms with van der Waals surface area (Å²) < 4.78 is 15.1. The highest BCUT2D eigenvalue weighted by molar-refractivity contribution is 7.18. The van der Waals surface area contributed by atoms with E-state index in [2.05, 4.69) is 117 Å². The monoisotopic (exact) mass is 518 g/mol. The molecule has 0 heterocycles. The van der Waals surface area contributed by atoms with Crippen molar-refractivity contribution in [3.63, 3.8) is 0 Å². The molecule has 2 nitrogen and oxygen atoms in total. The van der Waals surface area contributed by atoms with Gasteiger partial charge in [-0.25, -0.2) is 0 Å². The quantitative estimate of drug-likeness (QED) is 0.236. The molecule has 0 saturated carbocycles. The maximum atomic E-state index is 7.97. The van der Waals surface area contributed by atoms with Crippen molar-refractivity contribution in [3.05, 3.63) is 60.7 Å². The van der Waals surface area contributed by atoms with Crippen molar-refractivity contribution >= 4 is 45.8 Å². The van der Waals surface area contributed by atoms with Crippen molar-refractivity contribution in [2.75, 3.05) is 6.16 Å². The van der Waals surface area contributed by atoms with Gasteiger partial charge in [-0.1, -0.05) is 107 Å². The predicted octanol–water partition coefficient (Wildman–Crippen LogP) is 5.69. The molecular weight excluding hydrogens is 472 g/mol. The molecule has 0 aromatic heterocycles. The summed E-state index contributed by atoms with van der Waals surface area (Å²) in [6.45, 7) is 16.6. The Hall–Kier alpha value is -0.559. The van der Waals surface area contributed by atoms with Gasteiger partial charge in [0.1, 0.15) is 0 Å². The lowest BCUT2D eigenvalue weighted by atomic mass is 10.1. The molecule has 0 fully saturated rings. The molecule has 0 aliphatic heterocycles. The van der Waals surface area contributed by atoms with Crippen molar-refractivity contribution < 1.29 is 8.85 Å². The zero-order valence-electron chi connectivity index (χ0n) is 22.1. The third-order valence-electron chi connectivity index (χ3n) is 7.12. The maximum absolute atomic E-state index is 7.97. The fourth-order valence-corrected chi connectivity index (χ4v) is 17.4. The summed E-state index contributed by atoms with van der Waals surface area (Å²) in [4.78, 5) is 0. The Labute approximate surface area is 210 Å². The molecular formula is C27H47O2PSi3. The SMILES string of the molecule is CCCC(CCC)(O[Si](c1ccccc1)(c1ccccc1)C(CC)(CP)O[SiH](C)C)[SiH](C)C. The number of hydrogen-bond acceptors (Lipinski definition) is 2. The zero-order valence-corrected chi connectivity index (χ0v) is 26.5. The molecule has 6 heteroatoms. The molecule has 2 atom stereocenters. The van der Waals surface area contributed by atoms with Gasteiger partial charge >= 0.3 is 0 Å². The average Bonchev–Trinajstić information content (AvgIpc) is 2.82. The van der Waals surface area contributed by atoms with Crippen LogP contribution in [0, 0.1) is 0 Å². The van der Waals surface area contributed by atoms with Gasteiger partial charge in [0.25, 0.3) is 8.32 Å². The molecule has 0 spiro atoms. The number of benzene rings is 2. The average molecular weight is 519 g/mol. The third-order valence-corrected chi connectivity index (χ3v) is 17.3. The van der Waals surface area contributed by atoms with E-state index in [9.17, 15) is 0 Å². The lowest BCUT2D eigenvalue weighted by Gasteiger charge is -2.54. The summed E-state index contributed by atoms with van der Waals surface area (Å²) >= 11 is 0. The van der Waals surface area contributed by atoms with E-state index < -0.39 is 26.2 Å². The lowest BCUT2D eigenvalue weighted by molar-refractivity contribution is 0.0736. The van der Waals surface area contributed by atoms with Crippen LogP contribution in [-0.4, -0.2) is 42.8 Å². The van der Waals surface area contributed by atoms with Crippen LogP contribution in [-0.2, 0) is 8.85 Å².